The summed E-state index contributed by atoms with van der Waals surface area (Å²) in [5.74, 6) is 1.82. The summed E-state index contributed by atoms with van der Waals surface area (Å²) < 4.78 is 4.69. The smallest absolute Gasteiger partial charge is 0.238 e. The maximum Gasteiger partial charge on any atom is 0.238 e. The van der Waals surface area contributed by atoms with E-state index in [0.29, 0.717) is 17.6 Å². The van der Waals surface area contributed by atoms with Gasteiger partial charge < -0.3 is 4.57 Å². The molecule has 314 valence electrons. The fourth-order valence-electron chi connectivity index (χ4n) is 11.0. The number of para-hydroxylation sites is 2. The Bertz CT molecular complexity index is 3610. The summed E-state index contributed by atoms with van der Waals surface area (Å²) in [5.41, 5.74) is 15.3. The molecule has 0 fully saturated rings. The number of hydrogen-bond acceptors (Lipinski definition) is 3. The van der Waals surface area contributed by atoms with Gasteiger partial charge in [-0.25, -0.2) is 4.98 Å². The molecule has 0 aliphatic heterocycles. The van der Waals surface area contributed by atoms with Crippen molar-refractivity contribution in [2.45, 2.75) is 52.4 Å². The second kappa shape index (κ2) is 14.2. The van der Waals surface area contributed by atoms with Gasteiger partial charge in [-0.2, -0.15) is 9.97 Å². The molecule has 11 aromatic rings. The van der Waals surface area contributed by atoms with Crippen molar-refractivity contribution in [3.8, 4) is 56.7 Å². The molecule has 65 heavy (non-hydrogen) atoms. The molecule has 0 unspecified atom stereocenters. The van der Waals surface area contributed by atoms with Crippen LogP contribution in [-0.2, 0) is 10.8 Å². The Morgan fingerprint density at radius 2 is 0.877 bits per heavy atom. The molecule has 1 aliphatic carbocycles. The Balaban J connectivity index is 1.06. The first kappa shape index (κ1) is 39.0. The lowest BCUT2D eigenvalue weighted by atomic mass is 9.59. The van der Waals surface area contributed by atoms with Crippen LogP contribution in [0, 0.1) is 5.41 Å². The highest BCUT2D eigenvalue weighted by Crippen LogP contribution is 2.63. The third kappa shape index (κ3) is 5.67. The molecule has 0 bridgehead atoms. The van der Waals surface area contributed by atoms with Gasteiger partial charge in [-0.15, -0.1) is 0 Å². The summed E-state index contributed by atoms with van der Waals surface area (Å²) in [7, 11) is 0. The van der Waals surface area contributed by atoms with Crippen molar-refractivity contribution in [1.29, 1.82) is 0 Å². The highest BCUT2D eigenvalue weighted by atomic mass is 15.2. The maximum atomic E-state index is 5.28. The van der Waals surface area contributed by atoms with E-state index < -0.39 is 0 Å². The molecule has 0 amide bonds. The number of hydrogen-bond donors (Lipinski definition) is 0. The van der Waals surface area contributed by atoms with Gasteiger partial charge >= 0.3 is 0 Å². The Labute approximate surface area is 379 Å². The summed E-state index contributed by atoms with van der Waals surface area (Å²) >= 11 is 0. The largest absolute Gasteiger partial charge is 0.307 e. The van der Waals surface area contributed by atoms with Gasteiger partial charge in [0.15, 0.2) is 11.6 Å². The van der Waals surface area contributed by atoms with Crippen LogP contribution in [0.15, 0.2) is 188 Å². The summed E-state index contributed by atoms with van der Waals surface area (Å²) in [6.45, 7) is 14.6. The van der Waals surface area contributed by atoms with E-state index in [4.69, 9.17) is 15.0 Å². The van der Waals surface area contributed by atoms with Gasteiger partial charge in [-0.3, -0.25) is 4.57 Å². The third-order valence-electron chi connectivity index (χ3n) is 15.5. The van der Waals surface area contributed by atoms with Gasteiger partial charge in [0, 0.05) is 38.4 Å². The minimum absolute atomic E-state index is 0.00257. The van der Waals surface area contributed by atoms with Crippen molar-refractivity contribution in [2.24, 2.45) is 5.41 Å². The van der Waals surface area contributed by atoms with Gasteiger partial charge in [0.1, 0.15) is 0 Å². The van der Waals surface area contributed by atoms with E-state index in [1.807, 2.05) is 36.4 Å². The van der Waals surface area contributed by atoms with Crippen LogP contribution in [0.4, 0.5) is 0 Å². The van der Waals surface area contributed by atoms with Crippen LogP contribution in [0.2, 0.25) is 0 Å². The van der Waals surface area contributed by atoms with Gasteiger partial charge in [0.25, 0.3) is 0 Å². The molecule has 12 rings (SSSR count). The standard InChI is InChI=1S/C60H49N5/c1-58(2)49-28-18-27-44(52(49)59(3,4)60(58,5)6)42-24-17-23-41(37-42)38-31-33-43(34-32-38)64-50-29-15-13-25-45(50)47-35-36-48-46-26-14-16-30-51(46)65(54(48)53(47)64)57-62-55(39-19-9-7-10-20-39)61-56(63-57)40-21-11-8-12-22-40/h7-37H,1-6H3. The lowest BCUT2D eigenvalue weighted by molar-refractivity contribution is 0.125. The predicted molar refractivity (Wildman–Crippen MR) is 270 cm³/mol. The van der Waals surface area contributed by atoms with E-state index in [9.17, 15) is 0 Å². The van der Waals surface area contributed by atoms with E-state index >= 15 is 0 Å². The molecule has 1 aliphatic rings. The molecule has 5 nitrogen and oxygen atoms in total. The first-order chi connectivity index (χ1) is 31.5. The average molecular weight is 840 g/mol. The van der Waals surface area contributed by atoms with E-state index in [1.165, 1.54) is 44.2 Å². The van der Waals surface area contributed by atoms with Crippen molar-refractivity contribution < 1.29 is 0 Å². The Kier molecular flexibility index (Phi) is 8.51. The fraction of sp³-hybridized carbons (Fsp3) is 0.150. The zero-order valence-corrected chi connectivity index (χ0v) is 37.6. The molecule has 8 aromatic carbocycles. The number of nitrogens with zero attached hydrogens (tertiary/aromatic N) is 5. The number of fused-ring (bicyclic) bond motifs is 8. The maximum absolute atomic E-state index is 5.28. The Morgan fingerprint density at radius 1 is 0.369 bits per heavy atom. The van der Waals surface area contributed by atoms with E-state index in [-0.39, 0.29) is 16.2 Å². The van der Waals surface area contributed by atoms with Crippen LogP contribution in [0.1, 0.15) is 52.7 Å². The lowest BCUT2D eigenvalue weighted by Gasteiger charge is -2.44. The molecule has 5 heteroatoms. The van der Waals surface area contributed by atoms with Crippen molar-refractivity contribution in [2.75, 3.05) is 0 Å². The molecule has 0 saturated carbocycles. The van der Waals surface area contributed by atoms with E-state index in [2.05, 4.69) is 202 Å². The molecular formula is C60H49N5. The molecule has 0 atom stereocenters. The number of benzene rings is 8. The minimum Gasteiger partial charge on any atom is -0.307 e. The van der Waals surface area contributed by atoms with Crippen LogP contribution in [0.5, 0.6) is 0 Å². The highest BCUT2D eigenvalue weighted by Gasteiger charge is 2.57. The van der Waals surface area contributed by atoms with E-state index in [1.54, 1.807) is 0 Å². The summed E-state index contributed by atoms with van der Waals surface area (Å²) in [6.07, 6.45) is 0. The van der Waals surface area contributed by atoms with Crippen molar-refractivity contribution in [1.82, 2.24) is 24.1 Å². The quantitative estimate of drug-likeness (QED) is 0.168. The SMILES string of the molecule is CC1(C)c2cccc(-c3cccc(-c4ccc(-n5c6ccccc6c6ccc7c8ccccc8n(-c8nc(-c9ccccc9)nc(-c9ccccc9)n8)c7c65)cc4)c3)c2C(C)(C)C1(C)C. The van der Waals surface area contributed by atoms with Gasteiger partial charge in [0.2, 0.25) is 5.95 Å². The van der Waals surface area contributed by atoms with Crippen LogP contribution in [-0.4, -0.2) is 24.1 Å². The second-order valence-corrected chi connectivity index (χ2v) is 19.3. The molecule has 0 saturated heterocycles. The summed E-state index contributed by atoms with van der Waals surface area (Å²) in [4.78, 5) is 15.6. The normalized spacial score (nSPS) is 15.0. The van der Waals surface area contributed by atoms with Crippen LogP contribution in [0.25, 0.3) is 100 Å². The zero-order chi connectivity index (χ0) is 44.2. The second-order valence-electron chi connectivity index (χ2n) is 19.3. The summed E-state index contributed by atoms with van der Waals surface area (Å²) in [5, 5.41) is 4.63. The van der Waals surface area contributed by atoms with Crippen LogP contribution >= 0.6 is 0 Å². The number of aromatic nitrogens is 5. The van der Waals surface area contributed by atoms with Crippen LogP contribution in [0.3, 0.4) is 0 Å². The van der Waals surface area contributed by atoms with E-state index in [0.717, 1.165) is 49.7 Å². The van der Waals surface area contributed by atoms with Gasteiger partial charge in [-0.05, 0) is 80.0 Å². The molecule has 0 N–H and O–H groups in total. The molecule has 3 aromatic heterocycles. The Hall–Kier alpha value is -7.63. The minimum atomic E-state index is -0.00257. The fourth-order valence-corrected chi connectivity index (χ4v) is 11.0. The lowest BCUT2D eigenvalue weighted by Crippen LogP contribution is -2.42. The van der Waals surface area contributed by atoms with Gasteiger partial charge in [0.05, 0.1) is 22.1 Å². The topological polar surface area (TPSA) is 48.5 Å². The predicted octanol–water partition coefficient (Wildman–Crippen LogP) is 15.3. The first-order valence-corrected chi connectivity index (χ1v) is 22.7. The molecule has 0 spiro atoms. The molecule has 3 heterocycles. The highest BCUT2D eigenvalue weighted by molar-refractivity contribution is 6.23. The van der Waals surface area contributed by atoms with Crippen molar-refractivity contribution in [3.05, 3.63) is 199 Å². The number of rotatable bonds is 6. The first-order valence-electron chi connectivity index (χ1n) is 22.7. The monoisotopic (exact) mass is 839 g/mol. The van der Waals surface area contributed by atoms with Crippen molar-refractivity contribution in [3.63, 3.8) is 0 Å². The third-order valence-corrected chi connectivity index (χ3v) is 15.5. The zero-order valence-electron chi connectivity index (χ0n) is 37.6. The van der Waals surface area contributed by atoms with Crippen LogP contribution < -0.4 is 0 Å². The molecule has 0 radical (unpaired) electrons. The summed E-state index contributed by atoms with van der Waals surface area (Å²) in [6, 6.07) is 67.5. The van der Waals surface area contributed by atoms with Crippen molar-refractivity contribution >= 4 is 43.6 Å². The average Bonchev–Trinajstić information content (AvgIpc) is 3.90. The Morgan fingerprint density at radius 3 is 1.49 bits per heavy atom. The molecular weight excluding hydrogens is 791 g/mol. The van der Waals surface area contributed by atoms with Gasteiger partial charge in [-0.1, -0.05) is 199 Å².